The lowest BCUT2D eigenvalue weighted by Gasteiger charge is -2.40. The van der Waals surface area contributed by atoms with Gasteiger partial charge in [0.2, 0.25) is 15.9 Å². The summed E-state index contributed by atoms with van der Waals surface area (Å²) >= 11 is 0.962. The van der Waals surface area contributed by atoms with Crippen LogP contribution >= 0.6 is 11.3 Å². The van der Waals surface area contributed by atoms with E-state index in [2.05, 4.69) is 15.5 Å². The first-order chi connectivity index (χ1) is 16.5. The number of aromatic nitrogens is 2. The third-order valence-electron chi connectivity index (χ3n) is 6.54. The molecule has 3 fully saturated rings. The zero-order valence-electron chi connectivity index (χ0n) is 18.8. The van der Waals surface area contributed by atoms with Crippen molar-refractivity contribution in [2.24, 2.45) is 5.92 Å². The number of hydrogen-bond acceptors (Lipinski definition) is 8. The topological polar surface area (TPSA) is 114 Å². The van der Waals surface area contributed by atoms with E-state index in [1.54, 1.807) is 17.0 Å². The molecule has 0 saturated carbocycles. The molecular weight excluding hydrogens is 458 g/mol. The van der Waals surface area contributed by atoms with Crippen molar-refractivity contribution in [3.8, 4) is 0 Å². The molecule has 4 heterocycles. The summed E-state index contributed by atoms with van der Waals surface area (Å²) in [4.78, 5) is 42.2. The minimum Gasteiger partial charge on any atom is -0.347 e. The zero-order chi connectivity index (χ0) is 23.5. The van der Waals surface area contributed by atoms with Gasteiger partial charge in [0.05, 0.1) is 19.1 Å². The molecule has 2 aromatic rings. The normalized spacial score (nSPS) is 22.1. The second kappa shape index (κ2) is 9.77. The van der Waals surface area contributed by atoms with Crippen molar-refractivity contribution < 1.29 is 23.9 Å². The van der Waals surface area contributed by atoms with Gasteiger partial charge in [0.25, 0.3) is 11.8 Å². The summed E-state index contributed by atoms with van der Waals surface area (Å²) in [5.74, 6) is -1.39. The minimum atomic E-state index is -0.520. The molecule has 3 aliphatic rings. The van der Waals surface area contributed by atoms with Gasteiger partial charge in [0, 0.05) is 44.7 Å². The van der Waals surface area contributed by atoms with E-state index in [-0.39, 0.29) is 27.7 Å². The molecule has 3 saturated heterocycles. The Morgan fingerprint density at radius 1 is 0.971 bits per heavy atom. The average molecular weight is 486 g/mol. The number of nitrogens with zero attached hydrogens (tertiary/aromatic N) is 4. The Labute approximate surface area is 201 Å². The molecule has 10 nitrogen and oxygen atoms in total. The molecule has 1 N–H and O–H groups in total. The highest BCUT2D eigenvalue weighted by molar-refractivity contribution is 7.15. The summed E-state index contributed by atoms with van der Waals surface area (Å²) in [7, 11) is 0. The molecule has 1 aromatic carbocycles. The maximum Gasteiger partial charge on any atom is 0.286 e. The fourth-order valence-corrected chi connectivity index (χ4v) is 5.42. The van der Waals surface area contributed by atoms with E-state index in [9.17, 15) is 14.4 Å². The predicted octanol–water partition coefficient (Wildman–Crippen LogP) is 2.01. The van der Waals surface area contributed by atoms with Crippen molar-refractivity contribution >= 4 is 34.7 Å². The number of nitrogens with one attached hydrogen (secondary N) is 1. The third-order valence-corrected chi connectivity index (χ3v) is 7.45. The van der Waals surface area contributed by atoms with Crippen LogP contribution in [0.2, 0.25) is 0 Å². The van der Waals surface area contributed by atoms with E-state index in [4.69, 9.17) is 9.47 Å². The Morgan fingerprint density at radius 3 is 2.41 bits per heavy atom. The molecule has 11 heteroatoms. The molecule has 1 spiro atoms. The maximum atomic E-state index is 13.2. The molecule has 5 rings (SSSR count). The second-order valence-electron chi connectivity index (χ2n) is 8.76. The maximum absolute atomic E-state index is 13.2. The van der Waals surface area contributed by atoms with E-state index < -0.39 is 11.7 Å². The van der Waals surface area contributed by atoms with E-state index in [1.165, 1.54) is 0 Å². The minimum absolute atomic E-state index is 0.0746. The number of benzene rings is 1. The lowest BCUT2D eigenvalue weighted by molar-refractivity contribution is -0.188. The standard InChI is InChI=1S/C23H27N5O5S/c29-18(24-17-6-2-1-3-7-17)19-25-26-20(34-19)22(31)28-10-4-5-16(15-28)21(30)27-11-8-23(9-12-27)32-13-14-33-23/h1-3,6-7,16H,4-5,8-15H2,(H,24,29)/t16-/m0/s1. The summed E-state index contributed by atoms with van der Waals surface area (Å²) in [6, 6.07) is 9.03. The number of likely N-dealkylation sites (tertiary alicyclic amines) is 2. The van der Waals surface area contributed by atoms with E-state index in [1.807, 2.05) is 23.1 Å². The van der Waals surface area contributed by atoms with E-state index in [0.29, 0.717) is 57.9 Å². The first-order valence-electron chi connectivity index (χ1n) is 11.6. The molecule has 0 aliphatic carbocycles. The van der Waals surface area contributed by atoms with Gasteiger partial charge in [-0.3, -0.25) is 14.4 Å². The van der Waals surface area contributed by atoms with Crippen LogP contribution in [-0.2, 0) is 14.3 Å². The summed E-state index contributed by atoms with van der Waals surface area (Å²) in [5, 5.41) is 10.9. The zero-order valence-corrected chi connectivity index (χ0v) is 19.6. The molecule has 0 bridgehead atoms. The Morgan fingerprint density at radius 2 is 1.68 bits per heavy atom. The average Bonchev–Trinajstić information content (AvgIpc) is 3.55. The third kappa shape index (κ3) is 4.82. The van der Waals surface area contributed by atoms with Crippen LogP contribution in [0.15, 0.2) is 30.3 Å². The molecule has 1 aromatic heterocycles. The number of para-hydroxylation sites is 1. The molecule has 0 unspecified atom stereocenters. The SMILES string of the molecule is O=C(Nc1ccccc1)c1nnc(C(=O)N2CCC[C@H](C(=O)N3CCC4(CC3)OCCO4)C2)s1. The van der Waals surface area contributed by atoms with Crippen LogP contribution in [0.4, 0.5) is 5.69 Å². The number of hydrogen-bond donors (Lipinski definition) is 1. The Kier molecular flexibility index (Phi) is 6.57. The van der Waals surface area contributed by atoms with Crippen LogP contribution in [0, 0.1) is 5.92 Å². The highest BCUT2D eigenvalue weighted by Crippen LogP contribution is 2.32. The van der Waals surface area contributed by atoms with Gasteiger partial charge in [-0.1, -0.05) is 29.5 Å². The summed E-state index contributed by atoms with van der Waals surface area (Å²) < 4.78 is 11.5. The predicted molar refractivity (Wildman–Crippen MR) is 123 cm³/mol. The number of carbonyl (C=O) groups is 3. The summed E-state index contributed by atoms with van der Waals surface area (Å²) in [5.41, 5.74) is 0.641. The fraction of sp³-hybridized carbons (Fsp3) is 0.522. The van der Waals surface area contributed by atoms with Gasteiger partial charge < -0.3 is 24.6 Å². The van der Waals surface area contributed by atoms with E-state index >= 15 is 0 Å². The Balaban J connectivity index is 1.17. The monoisotopic (exact) mass is 485 g/mol. The van der Waals surface area contributed by atoms with Crippen LogP contribution in [-0.4, -0.2) is 82.9 Å². The molecule has 3 amide bonds. The van der Waals surface area contributed by atoms with E-state index in [0.717, 1.165) is 24.2 Å². The second-order valence-corrected chi connectivity index (χ2v) is 9.73. The molecule has 180 valence electrons. The first kappa shape index (κ1) is 22.9. The summed E-state index contributed by atoms with van der Waals surface area (Å²) in [6.45, 7) is 3.30. The quantitative estimate of drug-likeness (QED) is 0.705. The van der Waals surface area contributed by atoms with Gasteiger partial charge in [0.15, 0.2) is 5.79 Å². The van der Waals surface area contributed by atoms with Gasteiger partial charge in [-0.05, 0) is 25.0 Å². The Bertz CT molecular complexity index is 1050. The number of anilines is 1. The lowest BCUT2D eigenvalue weighted by Crippen LogP contribution is -2.51. The van der Waals surface area contributed by atoms with Crippen molar-refractivity contribution in [2.45, 2.75) is 31.5 Å². The molecule has 0 radical (unpaired) electrons. The lowest BCUT2D eigenvalue weighted by atomic mass is 9.94. The molecule has 1 atom stereocenters. The number of piperidine rings is 2. The highest BCUT2D eigenvalue weighted by atomic mass is 32.1. The first-order valence-corrected chi connectivity index (χ1v) is 12.4. The van der Waals surface area contributed by atoms with Crippen molar-refractivity contribution in [3.05, 3.63) is 40.3 Å². The van der Waals surface area contributed by atoms with Gasteiger partial charge >= 0.3 is 0 Å². The van der Waals surface area contributed by atoms with Crippen LogP contribution in [0.5, 0.6) is 0 Å². The molecule has 34 heavy (non-hydrogen) atoms. The van der Waals surface area contributed by atoms with Gasteiger partial charge in [-0.25, -0.2) is 0 Å². The number of amides is 3. The molecular formula is C23H27N5O5S. The van der Waals surface area contributed by atoms with Crippen LogP contribution in [0.3, 0.4) is 0 Å². The van der Waals surface area contributed by atoms with Crippen LogP contribution < -0.4 is 5.32 Å². The number of carbonyl (C=O) groups excluding carboxylic acids is 3. The summed E-state index contributed by atoms with van der Waals surface area (Å²) in [6.07, 6.45) is 2.84. The van der Waals surface area contributed by atoms with Crippen LogP contribution in [0.1, 0.15) is 45.3 Å². The largest absolute Gasteiger partial charge is 0.347 e. The number of ether oxygens (including phenoxy) is 2. The van der Waals surface area contributed by atoms with Gasteiger partial charge in [-0.15, -0.1) is 10.2 Å². The highest BCUT2D eigenvalue weighted by Gasteiger charge is 2.42. The van der Waals surface area contributed by atoms with Gasteiger partial charge in [0.1, 0.15) is 0 Å². The van der Waals surface area contributed by atoms with Crippen molar-refractivity contribution in [2.75, 3.05) is 44.7 Å². The Hall–Kier alpha value is -2.89. The van der Waals surface area contributed by atoms with Crippen LogP contribution in [0.25, 0.3) is 0 Å². The van der Waals surface area contributed by atoms with Crippen molar-refractivity contribution in [3.63, 3.8) is 0 Å². The molecule has 3 aliphatic heterocycles. The fourth-order valence-electron chi connectivity index (χ4n) is 4.72. The number of rotatable bonds is 4. The smallest absolute Gasteiger partial charge is 0.286 e. The van der Waals surface area contributed by atoms with Gasteiger partial charge in [-0.2, -0.15) is 0 Å². The van der Waals surface area contributed by atoms with Crippen molar-refractivity contribution in [1.82, 2.24) is 20.0 Å². The van der Waals surface area contributed by atoms with Crippen molar-refractivity contribution in [1.29, 1.82) is 0 Å².